The third kappa shape index (κ3) is 4.25. The fraction of sp³-hybridized carbons (Fsp3) is 0.316. The Hall–Kier alpha value is -2.49. The van der Waals surface area contributed by atoms with Crippen LogP contribution in [0.1, 0.15) is 31.9 Å². The highest BCUT2D eigenvalue weighted by molar-refractivity contribution is 5.95. The van der Waals surface area contributed by atoms with Crippen LogP contribution in [0, 0.1) is 0 Å². The van der Waals surface area contributed by atoms with E-state index in [4.69, 9.17) is 10.5 Å². The van der Waals surface area contributed by atoms with Gasteiger partial charge in [0.2, 0.25) is 0 Å². The largest absolute Gasteiger partial charge is 0.481 e. The quantitative estimate of drug-likeness (QED) is 0.797. The molecule has 2 aromatic rings. The summed E-state index contributed by atoms with van der Waals surface area (Å²) in [7, 11) is 0. The Morgan fingerprint density at radius 3 is 2.17 bits per heavy atom. The average molecular weight is 312 g/mol. The van der Waals surface area contributed by atoms with Crippen molar-refractivity contribution in [2.24, 2.45) is 0 Å². The van der Waals surface area contributed by atoms with E-state index in [0.29, 0.717) is 11.4 Å². The van der Waals surface area contributed by atoms with Crippen LogP contribution in [-0.2, 0) is 17.6 Å². The molecule has 0 aliphatic rings. The molecule has 1 atom stereocenters. The summed E-state index contributed by atoms with van der Waals surface area (Å²) in [6.07, 6.45) is 1.15. The highest BCUT2D eigenvalue weighted by atomic mass is 16.5. The van der Waals surface area contributed by atoms with Crippen molar-refractivity contribution in [2.75, 3.05) is 11.1 Å². The summed E-state index contributed by atoms with van der Waals surface area (Å²) in [4.78, 5) is 12.5. The smallest absolute Gasteiger partial charge is 0.265 e. The molecule has 0 fully saturated rings. The Balaban J connectivity index is 2.10. The number of nitrogens with two attached hydrogens (primary N) is 1. The summed E-state index contributed by atoms with van der Waals surface area (Å²) in [6, 6.07) is 13.1. The number of para-hydroxylation sites is 1. The molecule has 0 saturated heterocycles. The van der Waals surface area contributed by atoms with Gasteiger partial charge in [-0.2, -0.15) is 0 Å². The predicted octanol–water partition coefficient (Wildman–Crippen LogP) is 3.80. The second-order valence-electron chi connectivity index (χ2n) is 5.48. The van der Waals surface area contributed by atoms with E-state index in [0.717, 1.165) is 29.7 Å². The number of hydrogen-bond acceptors (Lipinski definition) is 3. The van der Waals surface area contributed by atoms with E-state index in [9.17, 15) is 4.79 Å². The van der Waals surface area contributed by atoms with Crippen LogP contribution in [0.5, 0.6) is 5.75 Å². The van der Waals surface area contributed by atoms with Crippen molar-refractivity contribution < 1.29 is 9.53 Å². The molecule has 23 heavy (non-hydrogen) atoms. The van der Waals surface area contributed by atoms with Crippen LogP contribution in [0.2, 0.25) is 0 Å². The van der Waals surface area contributed by atoms with E-state index in [1.165, 1.54) is 0 Å². The molecule has 0 aliphatic heterocycles. The fourth-order valence-corrected chi connectivity index (χ4v) is 2.43. The molecular weight excluding hydrogens is 288 g/mol. The molecule has 0 spiro atoms. The van der Waals surface area contributed by atoms with Crippen LogP contribution in [0.25, 0.3) is 0 Å². The van der Waals surface area contributed by atoms with E-state index in [1.54, 1.807) is 31.2 Å². The predicted molar refractivity (Wildman–Crippen MR) is 94.8 cm³/mol. The Bertz CT molecular complexity index is 643. The molecule has 4 nitrogen and oxygen atoms in total. The van der Waals surface area contributed by atoms with Gasteiger partial charge in [0.1, 0.15) is 5.75 Å². The van der Waals surface area contributed by atoms with Gasteiger partial charge in [0.15, 0.2) is 6.10 Å². The maximum atomic E-state index is 12.5. The minimum Gasteiger partial charge on any atom is -0.481 e. The Morgan fingerprint density at radius 1 is 1.09 bits per heavy atom. The summed E-state index contributed by atoms with van der Waals surface area (Å²) in [5.41, 5.74) is 9.50. The third-order valence-electron chi connectivity index (χ3n) is 3.81. The average Bonchev–Trinajstić information content (AvgIpc) is 2.56. The molecule has 4 heteroatoms. The molecule has 0 radical (unpaired) electrons. The summed E-state index contributed by atoms with van der Waals surface area (Å²) in [5, 5.41) is 3.02. The van der Waals surface area contributed by atoms with Gasteiger partial charge in [-0.1, -0.05) is 32.0 Å². The SMILES string of the molecule is CCc1cccc(CC)c1NC(=O)C(C)Oc1ccc(N)cc1. The third-order valence-corrected chi connectivity index (χ3v) is 3.81. The Labute approximate surface area is 137 Å². The van der Waals surface area contributed by atoms with E-state index in [2.05, 4.69) is 19.2 Å². The summed E-state index contributed by atoms with van der Waals surface area (Å²) in [6.45, 7) is 5.91. The second-order valence-corrected chi connectivity index (χ2v) is 5.48. The molecule has 3 N–H and O–H groups in total. The molecule has 0 aromatic heterocycles. The van der Waals surface area contributed by atoms with Crippen molar-refractivity contribution in [2.45, 2.75) is 39.7 Å². The van der Waals surface area contributed by atoms with E-state index in [1.807, 2.05) is 18.2 Å². The van der Waals surface area contributed by atoms with Gasteiger partial charge in [-0.3, -0.25) is 4.79 Å². The molecule has 2 rings (SSSR count). The van der Waals surface area contributed by atoms with Crippen molar-refractivity contribution in [1.82, 2.24) is 0 Å². The number of hydrogen-bond donors (Lipinski definition) is 2. The number of ether oxygens (including phenoxy) is 1. The van der Waals surface area contributed by atoms with Crippen molar-refractivity contribution in [3.8, 4) is 5.75 Å². The zero-order chi connectivity index (χ0) is 16.8. The van der Waals surface area contributed by atoms with Crippen molar-refractivity contribution in [3.63, 3.8) is 0 Å². The molecule has 0 saturated carbocycles. The van der Waals surface area contributed by atoms with Crippen molar-refractivity contribution in [1.29, 1.82) is 0 Å². The molecular formula is C19H24N2O2. The number of anilines is 2. The molecule has 2 aromatic carbocycles. The lowest BCUT2D eigenvalue weighted by Crippen LogP contribution is -2.30. The topological polar surface area (TPSA) is 64.3 Å². The standard InChI is InChI=1S/C19H24N2O2/c1-4-14-7-6-8-15(5-2)18(14)21-19(22)13(3)23-17-11-9-16(20)10-12-17/h6-13H,4-5,20H2,1-3H3,(H,21,22). The minimum atomic E-state index is -0.590. The summed E-state index contributed by atoms with van der Waals surface area (Å²) in [5.74, 6) is 0.471. The molecule has 0 heterocycles. The number of benzene rings is 2. The number of carbonyl (C=O) groups is 1. The van der Waals surface area contributed by atoms with E-state index in [-0.39, 0.29) is 5.91 Å². The zero-order valence-electron chi connectivity index (χ0n) is 13.9. The Kier molecular flexibility index (Phi) is 5.63. The van der Waals surface area contributed by atoms with Gasteiger partial charge in [-0.15, -0.1) is 0 Å². The highest BCUT2D eigenvalue weighted by Gasteiger charge is 2.17. The second kappa shape index (κ2) is 7.68. The highest BCUT2D eigenvalue weighted by Crippen LogP contribution is 2.23. The lowest BCUT2D eigenvalue weighted by Gasteiger charge is -2.18. The molecule has 0 aliphatic carbocycles. The molecule has 1 unspecified atom stereocenters. The van der Waals surface area contributed by atoms with Gasteiger partial charge < -0.3 is 15.8 Å². The van der Waals surface area contributed by atoms with Gasteiger partial charge in [-0.05, 0) is 55.2 Å². The molecule has 0 bridgehead atoms. The first-order chi connectivity index (χ1) is 11.0. The summed E-state index contributed by atoms with van der Waals surface area (Å²) < 4.78 is 5.68. The van der Waals surface area contributed by atoms with Crippen LogP contribution >= 0.6 is 0 Å². The van der Waals surface area contributed by atoms with Crippen molar-refractivity contribution in [3.05, 3.63) is 53.6 Å². The number of rotatable bonds is 6. The first kappa shape index (κ1) is 16.9. The normalized spacial score (nSPS) is 11.8. The molecule has 122 valence electrons. The number of aryl methyl sites for hydroxylation is 2. The van der Waals surface area contributed by atoms with Gasteiger partial charge in [-0.25, -0.2) is 0 Å². The Morgan fingerprint density at radius 2 is 1.65 bits per heavy atom. The minimum absolute atomic E-state index is 0.155. The maximum Gasteiger partial charge on any atom is 0.265 e. The van der Waals surface area contributed by atoms with Crippen LogP contribution in [0.3, 0.4) is 0 Å². The maximum absolute atomic E-state index is 12.5. The number of nitrogen functional groups attached to an aromatic ring is 1. The van der Waals surface area contributed by atoms with E-state index >= 15 is 0 Å². The number of carbonyl (C=O) groups excluding carboxylic acids is 1. The lowest BCUT2D eigenvalue weighted by atomic mass is 10.0. The van der Waals surface area contributed by atoms with Crippen LogP contribution in [0.4, 0.5) is 11.4 Å². The van der Waals surface area contributed by atoms with Gasteiger partial charge in [0.25, 0.3) is 5.91 Å². The van der Waals surface area contributed by atoms with Gasteiger partial charge >= 0.3 is 0 Å². The first-order valence-corrected chi connectivity index (χ1v) is 7.99. The van der Waals surface area contributed by atoms with Gasteiger partial charge in [0.05, 0.1) is 0 Å². The molecule has 1 amide bonds. The van der Waals surface area contributed by atoms with Gasteiger partial charge in [0, 0.05) is 11.4 Å². The first-order valence-electron chi connectivity index (χ1n) is 7.99. The van der Waals surface area contributed by atoms with Crippen LogP contribution in [0.15, 0.2) is 42.5 Å². The van der Waals surface area contributed by atoms with Crippen LogP contribution < -0.4 is 15.8 Å². The lowest BCUT2D eigenvalue weighted by molar-refractivity contribution is -0.122. The van der Waals surface area contributed by atoms with Crippen LogP contribution in [-0.4, -0.2) is 12.0 Å². The monoisotopic (exact) mass is 312 g/mol. The fourth-order valence-electron chi connectivity index (χ4n) is 2.43. The van der Waals surface area contributed by atoms with Crippen molar-refractivity contribution >= 4 is 17.3 Å². The summed E-state index contributed by atoms with van der Waals surface area (Å²) >= 11 is 0. The zero-order valence-corrected chi connectivity index (χ0v) is 13.9. The number of nitrogens with one attached hydrogen (secondary N) is 1. The number of amides is 1. The van der Waals surface area contributed by atoms with E-state index < -0.39 is 6.10 Å².